The minimum Gasteiger partial charge on any atom is -0.468 e. The highest BCUT2D eigenvalue weighted by atomic mass is 16.5. The minimum absolute atomic E-state index is 0.0635. The Morgan fingerprint density at radius 1 is 1.11 bits per heavy atom. The van der Waals surface area contributed by atoms with Crippen molar-refractivity contribution in [2.45, 2.75) is 0 Å². The molecule has 0 fully saturated rings. The number of benzene rings is 1. The number of hydrogen-bond acceptors (Lipinski definition) is 5. The maximum absolute atomic E-state index is 12.0. The quantitative estimate of drug-likeness (QED) is 0.418. The number of fused-ring (bicyclic) bond motifs is 1. The van der Waals surface area contributed by atoms with Gasteiger partial charge >= 0.3 is 11.9 Å². The van der Waals surface area contributed by atoms with E-state index in [-0.39, 0.29) is 11.1 Å². The molecule has 1 aromatic rings. The summed E-state index contributed by atoms with van der Waals surface area (Å²) in [6.45, 7) is -0.561. The summed E-state index contributed by atoms with van der Waals surface area (Å²) in [5.74, 6) is -3.23. The molecule has 0 unspecified atom stereocenters. The van der Waals surface area contributed by atoms with Gasteiger partial charge in [-0.25, -0.2) is 0 Å². The van der Waals surface area contributed by atoms with Crippen molar-refractivity contribution in [1.29, 1.82) is 0 Å². The van der Waals surface area contributed by atoms with Gasteiger partial charge in [-0.2, -0.15) is 0 Å². The van der Waals surface area contributed by atoms with Crippen molar-refractivity contribution < 1.29 is 23.9 Å². The van der Waals surface area contributed by atoms with Gasteiger partial charge in [0, 0.05) is 5.56 Å². The number of methoxy groups -OCH3 is 1. The van der Waals surface area contributed by atoms with Crippen LogP contribution in [0.3, 0.4) is 0 Å². The predicted molar refractivity (Wildman–Crippen MR) is 58.8 cm³/mol. The topological polar surface area (TPSA) is 80.8 Å². The zero-order valence-corrected chi connectivity index (χ0v) is 9.50. The van der Waals surface area contributed by atoms with E-state index in [1.165, 1.54) is 12.1 Å². The molecule has 0 saturated heterocycles. The standard InChI is InChI=1S/C12H9NO5/c1-18-9(14)6-13-11(16)8-5-3-2-4-7(8)10(15)12(13)17/h2-5H,6H2,1H3. The first kappa shape index (κ1) is 12.0. The molecule has 1 heterocycles. The average Bonchev–Trinajstić information content (AvgIpc) is 2.40. The summed E-state index contributed by atoms with van der Waals surface area (Å²) in [7, 11) is 1.14. The molecule has 1 aliphatic heterocycles. The minimum atomic E-state index is -1.01. The van der Waals surface area contributed by atoms with E-state index in [2.05, 4.69) is 4.74 Å². The van der Waals surface area contributed by atoms with E-state index in [0.717, 1.165) is 7.11 Å². The number of ether oxygens (including phenoxy) is 1. The second-order valence-electron chi connectivity index (χ2n) is 3.65. The summed E-state index contributed by atoms with van der Waals surface area (Å²) < 4.78 is 4.38. The van der Waals surface area contributed by atoms with Crippen molar-refractivity contribution in [3.8, 4) is 0 Å². The maximum Gasteiger partial charge on any atom is 0.325 e. The lowest BCUT2D eigenvalue weighted by Crippen LogP contribution is -2.48. The second-order valence-corrected chi connectivity index (χ2v) is 3.65. The van der Waals surface area contributed by atoms with E-state index in [1.807, 2.05) is 0 Å². The number of rotatable bonds is 2. The number of amides is 2. The number of carbonyl (C=O) groups excluding carboxylic acids is 4. The van der Waals surface area contributed by atoms with Crippen LogP contribution in [0.2, 0.25) is 0 Å². The molecule has 6 nitrogen and oxygen atoms in total. The Bertz CT molecular complexity index is 563. The van der Waals surface area contributed by atoms with Crippen molar-refractivity contribution in [2.75, 3.05) is 13.7 Å². The third-order valence-electron chi connectivity index (χ3n) is 2.60. The molecule has 0 aromatic heterocycles. The van der Waals surface area contributed by atoms with Gasteiger partial charge in [0.05, 0.1) is 12.7 Å². The van der Waals surface area contributed by atoms with Crippen LogP contribution in [-0.4, -0.2) is 42.1 Å². The van der Waals surface area contributed by atoms with Crippen molar-refractivity contribution in [3.05, 3.63) is 35.4 Å². The molecule has 0 aliphatic carbocycles. The second kappa shape index (κ2) is 4.40. The Kier molecular flexibility index (Phi) is 2.93. The molecule has 1 aliphatic rings. The third-order valence-corrected chi connectivity index (χ3v) is 2.60. The molecule has 0 atom stereocenters. The Morgan fingerprint density at radius 2 is 1.72 bits per heavy atom. The zero-order valence-electron chi connectivity index (χ0n) is 9.50. The molecular weight excluding hydrogens is 238 g/mol. The zero-order chi connectivity index (χ0) is 13.3. The smallest absolute Gasteiger partial charge is 0.325 e. The van der Waals surface area contributed by atoms with Gasteiger partial charge in [-0.1, -0.05) is 18.2 Å². The molecule has 1 aromatic carbocycles. The summed E-state index contributed by atoms with van der Waals surface area (Å²) >= 11 is 0. The van der Waals surface area contributed by atoms with Crippen molar-refractivity contribution in [2.24, 2.45) is 0 Å². The summed E-state index contributed by atoms with van der Waals surface area (Å²) in [6.07, 6.45) is 0. The van der Waals surface area contributed by atoms with E-state index in [9.17, 15) is 19.2 Å². The SMILES string of the molecule is COC(=O)CN1C(=O)C(=O)c2ccccc2C1=O. The van der Waals surface area contributed by atoms with Gasteiger partial charge in [0.1, 0.15) is 6.54 Å². The Morgan fingerprint density at radius 3 is 2.33 bits per heavy atom. The third kappa shape index (κ3) is 1.77. The first-order valence-electron chi connectivity index (χ1n) is 5.12. The van der Waals surface area contributed by atoms with Gasteiger partial charge in [0.15, 0.2) is 0 Å². The van der Waals surface area contributed by atoms with Gasteiger partial charge in [-0.05, 0) is 6.07 Å². The number of Topliss-reactive ketones (excluding diaryl/α,β-unsaturated/α-hetero) is 1. The lowest BCUT2D eigenvalue weighted by atomic mass is 9.97. The van der Waals surface area contributed by atoms with E-state index in [4.69, 9.17) is 0 Å². The Balaban J connectivity index is 2.43. The molecule has 92 valence electrons. The van der Waals surface area contributed by atoms with Crippen LogP contribution in [0.25, 0.3) is 0 Å². The molecule has 0 saturated carbocycles. The fourth-order valence-corrected chi connectivity index (χ4v) is 1.68. The van der Waals surface area contributed by atoms with Crippen LogP contribution in [0.15, 0.2) is 24.3 Å². The molecule has 0 spiro atoms. The van der Waals surface area contributed by atoms with E-state index in [1.54, 1.807) is 12.1 Å². The number of imide groups is 1. The van der Waals surface area contributed by atoms with Gasteiger partial charge in [0.25, 0.3) is 11.7 Å². The number of esters is 1. The van der Waals surface area contributed by atoms with Crippen molar-refractivity contribution in [1.82, 2.24) is 4.90 Å². The molecular formula is C12H9NO5. The van der Waals surface area contributed by atoms with Gasteiger partial charge in [-0.3, -0.25) is 24.1 Å². The Labute approximate surface area is 102 Å². The highest BCUT2D eigenvalue weighted by molar-refractivity contribution is 6.49. The molecule has 2 rings (SSSR count). The average molecular weight is 247 g/mol. The number of ketones is 1. The molecule has 6 heteroatoms. The highest BCUT2D eigenvalue weighted by Crippen LogP contribution is 2.19. The fraction of sp³-hybridized carbons (Fsp3) is 0.167. The van der Waals surface area contributed by atoms with Crippen LogP contribution < -0.4 is 0 Å². The molecule has 0 radical (unpaired) electrons. The van der Waals surface area contributed by atoms with Crippen LogP contribution in [0.4, 0.5) is 0 Å². The van der Waals surface area contributed by atoms with Crippen LogP contribution in [0.1, 0.15) is 20.7 Å². The maximum atomic E-state index is 12.0. The van der Waals surface area contributed by atoms with E-state index in [0.29, 0.717) is 4.90 Å². The number of carbonyl (C=O) groups is 4. The summed E-state index contributed by atoms with van der Waals surface area (Å²) in [4.78, 5) is 47.1. The van der Waals surface area contributed by atoms with Gasteiger partial charge < -0.3 is 4.74 Å². The van der Waals surface area contributed by atoms with Crippen LogP contribution in [-0.2, 0) is 14.3 Å². The normalized spacial score (nSPS) is 14.5. The van der Waals surface area contributed by atoms with Crippen LogP contribution in [0, 0.1) is 0 Å². The molecule has 0 N–H and O–H groups in total. The van der Waals surface area contributed by atoms with Crippen molar-refractivity contribution >= 4 is 23.6 Å². The van der Waals surface area contributed by atoms with Gasteiger partial charge in [-0.15, -0.1) is 0 Å². The molecule has 0 bridgehead atoms. The predicted octanol–water partition coefficient (Wildman–Crippen LogP) is 0.0247. The van der Waals surface area contributed by atoms with Crippen molar-refractivity contribution in [3.63, 3.8) is 0 Å². The fourth-order valence-electron chi connectivity index (χ4n) is 1.68. The van der Waals surface area contributed by atoms with Crippen LogP contribution >= 0.6 is 0 Å². The lowest BCUT2D eigenvalue weighted by Gasteiger charge is -2.24. The first-order chi connectivity index (χ1) is 8.56. The largest absolute Gasteiger partial charge is 0.468 e. The van der Waals surface area contributed by atoms with E-state index < -0.39 is 30.1 Å². The Hall–Kier alpha value is -2.50. The monoisotopic (exact) mass is 247 g/mol. The summed E-state index contributed by atoms with van der Waals surface area (Å²) in [5, 5.41) is 0. The summed E-state index contributed by atoms with van der Waals surface area (Å²) in [5.41, 5.74) is 0.180. The highest BCUT2D eigenvalue weighted by Gasteiger charge is 2.38. The first-order valence-corrected chi connectivity index (χ1v) is 5.12. The van der Waals surface area contributed by atoms with E-state index >= 15 is 0 Å². The number of nitrogens with zero attached hydrogens (tertiary/aromatic N) is 1. The molecule has 18 heavy (non-hydrogen) atoms. The summed E-state index contributed by atoms with van der Waals surface area (Å²) in [6, 6.07) is 5.98. The molecule has 2 amide bonds. The lowest BCUT2D eigenvalue weighted by molar-refractivity contribution is -0.144. The number of hydrogen-bond donors (Lipinski definition) is 0. The van der Waals surface area contributed by atoms with Crippen LogP contribution in [0.5, 0.6) is 0 Å². The van der Waals surface area contributed by atoms with Gasteiger partial charge in [0.2, 0.25) is 0 Å².